The van der Waals surface area contributed by atoms with Crippen LogP contribution in [-0.4, -0.2) is 26.1 Å². The lowest BCUT2D eigenvalue weighted by atomic mass is 10.2. The Morgan fingerprint density at radius 3 is 2.37 bits per heavy atom. The third-order valence-corrected chi connectivity index (χ3v) is 4.76. The molecule has 0 saturated heterocycles. The van der Waals surface area contributed by atoms with Crippen LogP contribution in [0.2, 0.25) is 0 Å². The molecule has 0 radical (unpaired) electrons. The van der Waals surface area contributed by atoms with Gasteiger partial charge in [-0.25, -0.2) is 13.1 Å². The van der Waals surface area contributed by atoms with E-state index in [1.165, 1.54) is 0 Å². The van der Waals surface area contributed by atoms with Gasteiger partial charge in [-0.2, -0.15) is 0 Å². The van der Waals surface area contributed by atoms with Crippen molar-refractivity contribution in [2.24, 2.45) is 0 Å². The monoisotopic (exact) mass is 287 g/mol. The number of rotatable bonds is 8. The van der Waals surface area contributed by atoms with E-state index in [2.05, 4.69) is 10.0 Å². The summed E-state index contributed by atoms with van der Waals surface area (Å²) in [5, 5.41) is 3.05. The predicted molar refractivity (Wildman–Crippen MR) is 77.6 cm³/mol. The van der Waals surface area contributed by atoms with E-state index in [0.717, 1.165) is 25.1 Å². The van der Waals surface area contributed by atoms with Gasteiger partial charge in [0.05, 0.1) is 4.90 Å². The molecule has 0 aliphatic carbocycles. The minimum atomic E-state index is -3.41. The first-order valence-electron chi connectivity index (χ1n) is 6.84. The summed E-state index contributed by atoms with van der Waals surface area (Å²) in [7, 11) is -1.56. The normalized spacial score (nSPS) is 12.3. The highest BCUT2D eigenvalue weighted by molar-refractivity contribution is 7.89. The number of aryl methyl sites for hydroxylation is 1. The van der Waals surface area contributed by atoms with Crippen LogP contribution in [0.5, 0.6) is 0 Å². The van der Waals surface area contributed by atoms with E-state index < -0.39 is 10.0 Å². The maximum absolute atomic E-state index is 12.3. The Morgan fingerprint density at radius 1 is 1.26 bits per heavy atom. The number of nitrogens with zero attached hydrogens (tertiary/aromatic N) is 1. The van der Waals surface area contributed by atoms with Crippen LogP contribution in [-0.2, 0) is 23.1 Å². The van der Waals surface area contributed by atoms with Crippen molar-refractivity contribution in [1.82, 2.24) is 14.6 Å². The van der Waals surface area contributed by atoms with Crippen molar-refractivity contribution in [2.75, 3.05) is 7.05 Å². The number of hydrogen-bond donors (Lipinski definition) is 2. The molecular formula is C13H25N3O2S. The van der Waals surface area contributed by atoms with Gasteiger partial charge in [-0.15, -0.1) is 0 Å². The van der Waals surface area contributed by atoms with Crippen LogP contribution in [0.1, 0.15) is 39.3 Å². The Hall–Kier alpha value is -0.850. The van der Waals surface area contributed by atoms with Crippen LogP contribution in [0.25, 0.3) is 0 Å². The molecule has 1 heterocycles. The molecule has 0 aliphatic rings. The molecule has 0 fully saturated rings. The molecule has 5 nitrogen and oxygen atoms in total. The van der Waals surface area contributed by atoms with Gasteiger partial charge in [0, 0.05) is 31.0 Å². The van der Waals surface area contributed by atoms with Gasteiger partial charge in [-0.3, -0.25) is 0 Å². The number of nitrogens with one attached hydrogen (secondary N) is 2. The molecule has 6 heteroatoms. The minimum Gasteiger partial charge on any atom is -0.349 e. The van der Waals surface area contributed by atoms with Crippen LogP contribution in [0, 0.1) is 0 Å². The van der Waals surface area contributed by atoms with Crippen LogP contribution < -0.4 is 10.0 Å². The third kappa shape index (κ3) is 4.06. The zero-order chi connectivity index (χ0) is 14.5. The fourth-order valence-corrected chi connectivity index (χ4v) is 3.50. The summed E-state index contributed by atoms with van der Waals surface area (Å²) >= 11 is 0. The van der Waals surface area contributed by atoms with Crippen molar-refractivity contribution in [3.63, 3.8) is 0 Å². The SMILES string of the molecule is CCC(CC)NS(=O)(=O)c1cc(CNC)n(CC)c1. The molecule has 0 aromatic carbocycles. The molecule has 0 bridgehead atoms. The van der Waals surface area contributed by atoms with Gasteiger partial charge in [0.1, 0.15) is 0 Å². The highest BCUT2D eigenvalue weighted by atomic mass is 32.2. The number of sulfonamides is 1. The van der Waals surface area contributed by atoms with Crippen molar-refractivity contribution in [3.8, 4) is 0 Å². The van der Waals surface area contributed by atoms with Crippen molar-refractivity contribution in [2.45, 2.75) is 57.6 Å². The van der Waals surface area contributed by atoms with Crippen molar-refractivity contribution in [3.05, 3.63) is 18.0 Å². The smallest absolute Gasteiger partial charge is 0.242 e. The summed E-state index contributed by atoms with van der Waals surface area (Å²) in [6.07, 6.45) is 3.30. The van der Waals surface area contributed by atoms with Gasteiger partial charge in [0.25, 0.3) is 0 Å². The van der Waals surface area contributed by atoms with E-state index >= 15 is 0 Å². The minimum absolute atomic E-state index is 0.00252. The maximum atomic E-state index is 12.3. The molecule has 110 valence electrons. The summed E-state index contributed by atoms with van der Waals surface area (Å²) in [5.41, 5.74) is 0.981. The maximum Gasteiger partial charge on any atom is 0.242 e. The van der Waals surface area contributed by atoms with E-state index in [1.54, 1.807) is 12.3 Å². The van der Waals surface area contributed by atoms with Crippen molar-refractivity contribution >= 4 is 10.0 Å². The Kier molecular flexibility index (Phi) is 6.03. The van der Waals surface area contributed by atoms with E-state index in [-0.39, 0.29) is 6.04 Å². The predicted octanol–water partition coefficient (Wildman–Crippen LogP) is 1.69. The largest absolute Gasteiger partial charge is 0.349 e. The van der Waals surface area contributed by atoms with Gasteiger partial charge >= 0.3 is 0 Å². The summed E-state index contributed by atoms with van der Waals surface area (Å²) in [4.78, 5) is 0.353. The average molecular weight is 287 g/mol. The molecule has 2 N–H and O–H groups in total. The Balaban J connectivity index is 3.01. The quantitative estimate of drug-likeness (QED) is 0.765. The van der Waals surface area contributed by atoms with E-state index in [4.69, 9.17) is 0 Å². The topological polar surface area (TPSA) is 63.1 Å². The molecule has 0 amide bonds. The highest BCUT2D eigenvalue weighted by Gasteiger charge is 2.20. The lowest BCUT2D eigenvalue weighted by Crippen LogP contribution is -2.33. The fourth-order valence-electron chi connectivity index (χ4n) is 2.04. The second-order valence-corrected chi connectivity index (χ2v) is 6.33. The van der Waals surface area contributed by atoms with Crippen molar-refractivity contribution < 1.29 is 8.42 Å². The molecule has 19 heavy (non-hydrogen) atoms. The second-order valence-electron chi connectivity index (χ2n) is 4.62. The molecule has 0 atom stereocenters. The zero-order valence-corrected chi connectivity index (χ0v) is 13.0. The molecule has 0 spiro atoms. The first-order chi connectivity index (χ1) is 8.98. The van der Waals surface area contributed by atoms with E-state index in [1.807, 2.05) is 32.4 Å². The van der Waals surface area contributed by atoms with Gasteiger partial charge in [-0.05, 0) is 32.9 Å². The third-order valence-electron chi connectivity index (χ3n) is 3.28. The fraction of sp³-hybridized carbons (Fsp3) is 0.692. The molecule has 1 aromatic heterocycles. The summed E-state index contributed by atoms with van der Waals surface area (Å²) in [6.45, 7) is 7.40. The van der Waals surface area contributed by atoms with Crippen LogP contribution in [0.15, 0.2) is 17.2 Å². The first-order valence-corrected chi connectivity index (χ1v) is 8.32. The Bertz CT molecular complexity index is 490. The Labute approximate surface area is 116 Å². The average Bonchev–Trinajstić information content (AvgIpc) is 2.80. The summed E-state index contributed by atoms with van der Waals surface area (Å²) < 4.78 is 29.3. The molecule has 0 saturated carbocycles. The molecule has 1 aromatic rings. The van der Waals surface area contributed by atoms with Crippen LogP contribution in [0.3, 0.4) is 0 Å². The molecule has 0 aliphatic heterocycles. The molecule has 1 rings (SSSR count). The van der Waals surface area contributed by atoms with Gasteiger partial charge < -0.3 is 9.88 Å². The van der Waals surface area contributed by atoms with Crippen LogP contribution in [0.4, 0.5) is 0 Å². The second kappa shape index (κ2) is 7.07. The van der Waals surface area contributed by atoms with Gasteiger partial charge in [-0.1, -0.05) is 13.8 Å². The Morgan fingerprint density at radius 2 is 1.89 bits per heavy atom. The molecular weight excluding hydrogens is 262 g/mol. The lowest BCUT2D eigenvalue weighted by Gasteiger charge is -2.13. The lowest BCUT2D eigenvalue weighted by molar-refractivity contribution is 0.530. The first kappa shape index (κ1) is 16.2. The number of aromatic nitrogens is 1. The molecule has 0 unspecified atom stereocenters. The van der Waals surface area contributed by atoms with Crippen molar-refractivity contribution in [1.29, 1.82) is 0 Å². The van der Waals surface area contributed by atoms with E-state index in [9.17, 15) is 8.42 Å². The van der Waals surface area contributed by atoms with Gasteiger partial charge in [0.2, 0.25) is 10.0 Å². The zero-order valence-electron chi connectivity index (χ0n) is 12.2. The van der Waals surface area contributed by atoms with Crippen LogP contribution >= 0.6 is 0 Å². The highest BCUT2D eigenvalue weighted by Crippen LogP contribution is 2.16. The summed E-state index contributed by atoms with van der Waals surface area (Å²) in [6, 6.07) is 1.74. The van der Waals surface area contributed by atoms with E-state index in [0.29, 0.717) is 11.4 Å². The summed E-state index contributed by atoms with van der Waals surface area (Å²) in [5.74, 6) is 0. The van der Waals surface area contributed by atoms with Gasteiger partial charge in [0.15, 0.2) is 0 Å². The standard InChI is InChI=1S/C13H25N3O2S/c1-5-11(6-2)15-19(17,18)13-8-12(9-14-4)16(7-3)10-13/h8,10-11,14-15H,5-7,9H2,1-4H3. The number of hydrogen-bond acceptors (Lipinski definition) is 3.